The van der Waals surface area contributed by atoms with Crippen molar-refractivity contribution in [2.45, 2.75) is 25.8 Å². The minimum absolute atomic E-state index is 0.0683. The molecule has 18 heavy (non-hydrogen) atoms. The number of hydrogen-bond donors (Lipinski definition) is 1. The summed E-state index contributed by atoms with van der Waals surface area (Å²) in [4.78, 5) is 9.15. The highest BCUT2D eigenvalue weighted by Gasteiger charge is 2.12. The molecule has 0 amide bonds. The summed E-state index contributed by atoms with van der Waals surface area (Å²) < 4.78 is 0. The molecule has 2 rings (SSSR count). The number of hydrogen-bond acceptors (Lipinski definition) is 4. The summed E-state index contributed by atoms with van der Waals surface area (Å²) >= 11 is 0. The highest BCUT2D eigenvalue weighted by Crippen LogP contribution is 2.16. The van der Waals surface area contributed by atoms with Crippen LogP contribution in [0.2, 0.25) is 0 Å². The van der Waals surface area contributed by atoms with Crippen LogP contribution < -0.4 is 10.6 Å². The molecule has 0 spiro atoms. The Morgan fingerprint density at radius 1 is 1.44 bits per heavy atom. The van der Waals surface area contributed by atoms with Crippen LogP contribution in [0.1, 0.15) is 31.4 Å². The Morgan fingerprint density at radius 3 is 2.83 bits per heavy atom. The Morgan fingerprint density at radius 2 is 2.17 bits per heavy atom. The molecule has 4 nitrogen and oxygen atoms in total. The topological polar surface area (TPSA) is 45.4 Å². The second-order valence-electron chi connectivity index (χ2n) is 5.21. The summed E-state index contributed by atoms with van der Waals surface area (Å²) in [6.45, 7) is 6.65. The van der Waals surface area contributed by atoms with E-state index in [1.54, 1.807) is 0 Å². The molecule has 100 valence electrons. The largest absolute Gasteiger partial charge is 0.358 e. The van der Waals surface area contributed by atoms with Gasteiger partial charge in [0.1, 0.15) is 5.82 Å². The molecule has 4 heteroatoms. The van der Waals surface area contributed by atoms with Crippen LogP contribution in [0.4, 0.5) is 5.82 Å². The summed E-state index contributed by atoms with van der Waals surface area (Å²) in [5.74, 6) is 1.02. The first-order chi connectivity index (χ1) is 8.66. The lowest BCUT2D eigenvalue weighted by Crippen LogP contribution is -2.31. The fourth-order valence-corrected chi connectivity index (χ4v) is 2.34. The van der Waals surface area contributed by atoms with E-state index in [1.807, 2.05) is 19.2 Å². The molecule has 1 aromatic rings. The number of likely N-dealkylation sites (N-methyl/N-ethyl adjacent to an activating group) is 1. The van der Waals surface area contributed by atoms with Gasteiger partial charge in [0.05, 0.1) is 0 Å². The Balaban J connectivity index is 1.91. The van der Waals surface area contributed by atoms with Gasteiger partial charge in [-0.15, -0.1) is 0 Å². The molecular weight excluding hydrogens is 224 g/mol. The predicted molar refractivity (Wildman–Crippen MR) is 75.8 cm³/mol. The number of nitrogens with zero attached hydrogens (tertiary/aromatic N) is 3. The van der Waals surface area contributed by atoms with E-state index in [1.165, 1.54) is 25.9 Å². The first kappa shape index (κ1) is 13.3. The molecule has 1 unspecified atom stereocenters. The first-order valence-electron chi connectivity index (χ1n) is 6.82. The van der Waals surface area contributed by atoms with Gasteiger partial charge in [-0.05, 0) is 50.6 Å². The van der Waals surface area contributed by atoms with Crippen LogP contribution in [0.5, 0.6) is 0 Å². The maximum Gasteiger partial charge on any atom is 0.128 e. The number of aromatic nitrogens is 1. The first-order valence-corrected chi connectivity index (χ1v) is 6.82. The van der Waals surface area contributed by atoms with E-state index >= 15 is 0 Å². The molecule has 2 N–H and O–H groups in total. The second-order valence-corrected chi connectivity index (χ2v) is 5.21. The third-order valence-corrected chi connectivity index (χ3v) is 3.64. The van der Waals surface area contributed by atoms with Gasteiger partial charge in [0.15, 0.2) is 0 Å². The van der Waals surface area contributed by atoms with Crippen molar-refractivity contribution in [3.63, 3.8) is 0 Å². The van der Waals surface area contributed by atoms with Crippen LogP contribution in [0.3, 0.4) is 0 Å². The van der Waals surface area contributed by atoms with Gasteiger partial charge in [-0.2, -0.15) is 0 Å². The Kier molecular flexibility index (Phi) is 4.55. The molecule has 2 heterocycles. The summed E-state index contributed by atoms with van der Waals surface area (Å²) in [5, 5.41) is 0. The van der Waals surface area contributed by atoms with E-state index in [0.29, 0.717) is 0 Å². The third-order valence-electron chi connectivity index (χ3n) is 3.64. The molecule has 1 saturated heterocycles. The molecule has 1 aliphatic rings. The third kappa shape index (κ3) is 3.43. The molecule has 0 bridgehead atoms. The minimum Gasteiger partial charge on any atom is -0.358 e. The van der Waals surface area contributed by atoms with E-state index in [-0.39, 0.29) is 6.04 Å². The normalized spacial score (nSPS) is 17.9. The van der Waals surface area contributed by atoms with Crippen LogP contribution >= 0.6 is 0 Å². The van der Waals surface area contributed by atoms with E-state index in [9.17, 15) is 0 Å². The van der Waals surface area contributed by atoms with Crippen molar-refractivity contribution in [1.29, 1.82) is 0 Å². The fourth-order valence-electron chi connectivity index (χ4n) is 2.34. The molecule has 1 fully saturated rings. The number of anilines is 1. The van der Waals surface area contributed by atoms with E-state index < -0.39 is 0 Å². The highest BCUT2D eigenvalue weighted by molar-refractivity contribution is 5.40. The van der Waals surface area contributed by atoms with Gasteiger partial charge in [0.2, 0.25) is 0 Å². The lowest BCUT2D eigenvalue weighted by atomic mass is 10.1. The maximum atomic E-state index is 5.90. The van der Waals surface area contributed by atoms with Gasteiger partial charge >= 0.3 is 0 Å². The number of likely N-dealkylation sites (tertiary alicyclic amines) is 1. The van der Waals surface area contributed by atoms with Crippen LogP contribution in [0.25, 0.3) is 0 Å². The molecule has 0 radical (unpaired) electrons. The van der Waals surface area contributed by atoms with Gasteiger partial charge in [-0.3, -0.25) is 0 Å². The quantitative estimate of drug-likeness (QED) is 0.860. The van der Waals surface area contributed by atoms with Crippen molar-refractivity contribution in [2.24, 2.45) is 5.73 Å². The van der Waals surface area contributed by atoms with Crippen molar-refractivity contribution in [3.05, 3.63) is 23.9 Å². The SMILES string of the molecule is CC(N)c1ccnc(N(C)CCN2CCCC2)c1. The highest BCUT2D eigenvalue weighted by atomic mass is 15.2. The monoisotopic (exact) mass is 248 g/mol. The van der Waals surface area contributed by atoms with Crippen molar-refractivity contribution >= 4 is 5.82 Å². The van der Waals surface area contributed by atoms with Crippen molar-refractivity contribution in [2.75, 3.05) is 38.1 Å². The smallest absolute Gasteiger partial charge is 0.128 e. The summed E-state index contributed by atoms with van der Waals surface area (Å²) in [7, 11) is 2.10. The van der Waals surface area contributed by atoms with Gasteiger partial charge in [-0.25, -0.2) is 4.98 Å². The fraction of sp³-hybridized carbons (Fsp3) is 0.643. The molecule has 1 aromatic heterocycles. The zero-order valence-corrected chi connectivity index (χ0v) is 11.5. The Labute approximate surface area is 110 Å². The van der Waals surface area contributed by atoms with E-state index in [2.05, 4.69) is 27.9 Å². The van der Waals surface area contributed by atoms with Crippen molar-refractivity contribution in [3.8, 4) is 0 Å². The van der Waals surface area contributed by atoms with Gasteiger partial charge < -0.3 is 15.5 Å². The maximum absolute atomic E-state index is 5.90. The average Bonchev–Trinajstić information content (AvgIpc) is 2.89. The van der Waals surface area contributed by atoms with E-state index in [0.717, 1.165) is 24.5 Å². The van der Waals surface area contributed by atoms with Gasteiger partial charge in [-0.1, -0.05) is 0 Å². The average molecular weight is 248 g/mol. The van der Waals surface area contributed by atoms with Gasteiger partial charge in [0, 0.05) is 32.4 Å². The van der Waals surface area contributed by atoms with E-state index in [4.69, 9.17) is 5.73 Å². The summed E-state index contributed by atoms with van der Waals surface area (Å²) in [6, 6.07) is 4.15. The van der Waals surface area contributed by atoms with Crippen LogP contribution in [0.15, 0.2) is 18.3 Å². The Bertz CT molecular complexity index is 372. The van der Waals surface area contributed by atoms with Crippen LogP contribution in [-0.2, 0) is 0 Å². The second kappa shape index (κ2) is 6.16. The summed E-state index contributed by atoms with van der Waals surface area (Å²) in [6.07, 6.45) is 4.55. The van der Waals surface area contributed by atoms with Crippen LogP contribution in [-0.4, -0.2) is 43.1 Å². The standard InChI is InChI=1S/C14H24N4/c1-12(15)13-5-6-16-14(11-13)17(2)9-10-18-7-3-4-8-18/h5-6,11-12H,3-4,7-10,15H2,1-2H3. The molecule has 0 aromatic carbocycles. The Hall–Kier alpha value is -1.13. The lowest BCUT2D eigenvalue weighted by molar-refractivity contribution is 0.346. The zero-order valence-electron chi connectivity index (χ0n) is 11.5. The van der Waals surface area contributed by atoms with Gasteiger partial charge in [0.25, 0.3) is 0 Å². The molecule has 0 aliphatic carbocycles. The number of rotatable bonds is 5. The molecule has 1 aliphatic heterocycles. The molecular formula is C14H24N4. The number of pyridine rings is 1. The lowest BCUT2D eigenvalue weighted by Gasteiger charge is -2.23. The van der Waals surface area contributed by atoms with Crippen LogP contribution in [0, 0.1) is 0 Å². The molecule has 0 saturated carbocycles. The zero-order chi connectivity index (χ0) is 13.0. The van der Waals surface area contributed by atoms with Crippen molar-refractivity contribution < 1.29 is 0 Å². The minimum atomic E-state index is 0.0683. The predicted octanol–water partition coefficient (Wildman–Crippen LogP) is 1.63. The number of nitrogens with two attached hydrogens (primary N) is 1. The molecule has 1 atom stereocenters. The summed E-state index contributed by atoms with van der Waals surface area (Å²) in [5.41, 5.74) is 7.05. The van der Waals surface area contributed by atoms with Crippen molar-refractivity contribution in [1.82, 2.24) is 9.88 Å².